The smallest absolute Gasteiger partial charge is 0.357 e. The van der Waals surface area contributed by atoms with Crippen LogP contribution in [0.4, 0.5) is 5.00 Å². The summed E-state index contributed by atoms with van der Waals surface area (Å²) < 4.78 is 0. The van der Waals surface area contributed by atoms with Crippen LogP contribution in [0.2, 0.25) is 0 Å². The van der Waals surface area contributed by atoms with Crippen LogP contribution in [0.1, 0.15) is 54.0 Å². The molecular formula is C11H16N2O2S. The Morgan fingerprint density at radius 3 is 2.56 bits per heavy atom. The highest BCUT2D eigenvalue weighted by molar-refractivity contribution is 7.16. The number of hydrogen-bond acceptors (Lipinski definition) is 4. The Hall–Kier alpha value is -1.10. The van der Waals surface area contributed by atoms with E-state index in [0.29, 0.717) is 10.9 Å². The van der Waals surface area contributed by atoms with Crippen molar-refractivity contribution >= 4 is 22.3 Å². The number of anilines is 1. The molecule has 0 aliphatic heterocycles. The molecule has 1 fully saturated rings. The van der Waals surface area contributed by atoms with Gasteiger partial charge in [0, 0.05) is 5.92 Å². The first kappa shape index (κ1) is 11.4. The van der Waals surface area contributed by atoms with Gasteiger partial charge in [-0.15, -0.1) is 11.3 Å². The Morgan fingerprint density at radius 2 is 2.06 bits per heavy atom. The van der Waals surface area contributed by atoms with E-state index in [9.17, 15) is 4.79 Å². The van der Waals surface area contributed by atoms with Crippen LogP contribution in [0, 0.1) is 5.92 Å². The van der Waals surface area contributed by atoms with Crippen molar-refractivity contribution < 1.29 is 9.90 Å². The zero-order valence-corrected chi connectivity index (χ0v) is 10.1. The molecule has 16 heavy (non-hydrogen) atoms. The van der Waals surface area contributed by atoms with Crippen molar-refractivity contribution in [1.82, 2.24) is 4.98 Å². The van der Waals surface area contributed by atoms with E-state index in [1.54, 1.807) is 0 Å². The van der Waals surface area contributed by atoms with Crippen LogP contribution in [0.3, 0.4) is 0 Å². The molecular weight excluding hydrogens is 224 g/mol. The van der Waals surface area contributed by atoms with Crippen LogP contribution >= 0.6 is 11.3 Å². The third-order valence-electron chi connectivity index (χ3n) is 3.24. The van der Waals surface area contributed by atoms with Gasteiger partial charge in [-0.1, -0.05) is 19.8 Å². The molecule has 1 aliphatic rings. The van der Waals surface area contributed by atoms with Gasteiger partial charge in [0.2, 0.25) is 0 Å². The zero-order chi connectivity index (χ0) is 11.7. The summed E-state index contributed by atoms with van der Waals surface area (Å²) in [7, 11) is 0. The van der Waals surface area contributed by atoms with Gasteiger partial charge in [-0.3, -0.25) is 0 Å². The summed E-state index contributed by atoms with van der Waals surface area (Å²) in [4.78, 5) is 15.0. The van der Waals surface area contributed by atoms with E-state index in [1.165, 1.54) is 24.2 Å². The second kappa shape index (κ2) is 4.41. The summed E-state index contributed by atoms with van der Waals surface area (Å²) in [5.41, 5.74) is 5.68. The molecule has 3 N–H and O–H groups in total. The maximum absolute atomic E-state index is 10.8. The van der Waals surface area contributed by atoms with E-state index < -0.39 is 5.97 Å². The molecule has 2 rings (SSSR count). The first-order valence-corrected chi connectivity index (χ1v) is 6.39. The maximum atomic E-state index is 10.8. The lowest BCUT2D eigenvalue weighted by Gasteiger charge is -2.24. The number of hydrogen-bond donors (Lipinski definition) is 2. The van der Waals surface area contributed by atoms with Crippen molar-refractivity contribution in [2.75, 3.05) is 5.73 Å². The van der Waals surface area contributed by atoms with Crippen molar-refractivity contribution in [2.24, 2.45) is 5.92 Å². The number of carboxylic acid groups (broad SMARTS) is 1. The van der Waals surface area contributed by atoms with E-state index in [1.807, 2.05) is 0 Å². The molecule has 0 bridgehead atoms. The van der Waals surface area contributed by atoms with Gasteiger partial charge in [0.25, 0.3) is 0 Å². The molecule has 0 atom stereocenters. The monoisotopic (exact) mass is 240 g/mol. The Bertz CT molecular complexity index is 395. The van der Waals surface area contributed by atoms with Crippen molar-refractivity contribution in [3.8, 4) is 0 Å². The molecule has 0 amide bonds. The fourth-order valence-electron chi connectivity index (χ4n) is 2.18. The third kappa shape index (κ3) is 2.19. The molecule has 0 unspecified atom stereocenters. The highest BCUT2D eigenvalue weighted by atomic mass is 32.1. The van der Waals surface area contributed by atoms with Crippen LogP contribution in [0.25, 0.3) is 0 Å². The Kier molecular flexibility index (Phi) is 3.14. The lowest BCUT2D eigenvalue weighted by atomic mass is 9.83. The molecule has 1 aromatic rings. The molecule has 0 saturated heterocycles. The molecule has 1 heterocycles. The molecule has 1 aromatic heterocycles. The molecule has 5 heteroatoms. The number of carboxylic acids is 1. The van der Waals surface area contributed by atoms with Gasteiger partial charge >= 0.3 is 5.97 Å². The largest absolute Gasteiger partial charge is 0.476 e. The van der Waals surface area contributed by atoms with Crippen molar-refractivity contribution in [1.29, 1.82) is 0 Å². The normalized spacial score (nSPS) is 25.6. The number of carbonyl (C=O) groups is 1. The molecule has 88 valence electrons. The molecule has 0 radical (unpaired) electrons. The number of nitrogens with zero attached hydrogens (tertiary/aromatic N) is 1. The van der Waals surface area contributed by atoms with E-state index in [-0.39, 0.29) is 5.69 Å². The second-order valence-corrected chi connectivity index (χ2v) is 5.59. The topological polar surface area (TPSA) is 76.2 Å². The van der Waals surface area contributed by atoms with E-state index in [2.05, 4.69) is 11.9 Å². The molecule has 1 saturated carbocycles. The van der Waals surface area contributed by atoms with Gasteiger partial charge in [0.1, 0.15) is 5.00 Å². The predicted molar refractivity (Wildman–Crippen MR) is 63.9 cm³/mol. The summed E-state index contributed by atoms with van der Waals surface area (Å²) >= 11 is 1.34. The van der Waals surface area contributed by atoms with Gasteiger partial charge in [0.05, 0.1) is 5.01 Å². The zero-order valence-electron chi connectivity index (χ0n) is 9.27. The number of aromatic nitrogens is 1. The minimum Gasteiger partial charge on any atom is -0.476 e. The second-order valence-electron chi connectivity index (χ2n) is 4.53. The SMILES string of the molecule is CC1CCC(c2nc(C(=O)O)c(N)s2)CC1. The van der Waals surface area contributed by atoms with Crippen molar-refractivity contribution in [3.05, 3.63) is 10.7 Å². The fraction of sp³-hybridized carbons (Fsp3) is 0.636. The fourth-order valence-corrected chi connectivity index (χ4v) is 3.18. The highest BCUT2D eigenvalue weighted by Crippen LogP contribution is 2.38. The standard InChI is InChI=1S/C11H16N2O2S/c1-6-2-4-7(5-3-6)10-13-8(11(14)15)9(12)16-10/h6-7H,2-5,12H2,1H3,(H,14,15). The van der Waals surface area contributed by atoms with Gasteiger partial charge in [-0.2, -0.15) is 0 Å². The lowest BCUT2D eigenvalue weighted by molar-refractivity contribution is 0.0692. The quantitative estimate of drug-likeness (QED) is 0.833. The van der Waals surface area contributed by atoms with Crippen LogP contribution in [0.15, 0.2) is 0 Å². The summed E-state index contributed by atoms with van der Waals surface area (Å²) in [5.74, 6) is 0.174. The van der Waals surface area contributed by atoms with Crippen molar-refractivity contribution in [3.63, 3.8) is 0 Å². The summed E-state index contributed by atoms with van der Waals surface area (Å²) in [5, 5.41) is 10.1. The summed E-state index contributed by atoms with van der Waals surface area (Å²) in [6.07, 6.45) is 4.61. The van der Waals surface area contributed by atoms with Gasteiger partial charge in [0.15, 0.2) is 5.69 Å². The summed E-state index contributed by atoms with van der Waals surface area (Å²) in [6.45, 7) is 2.26. The molecule has 0 spiro atoms. The van der Waals surface area contributed by atoms with Gasteiger partial charge < -0.3 is 10.8 Å². The predicted octanol–water partition coefficient (Wildman–Crippen LogP) is 2.72. The Balaban J connectivity index is 2.15. The first-order chi connectivity index (χ1) is 7.58. The van der Waals surface area contributed by atoms with Crippen LogP contribution in [-0.2, 0) is 0 Å². The summed E-state index contributed by atoms with van der Waals surface area (Å²) in [6, 6.07) is 0. The molecule has 4 nitrogen and oxygen atoms in total. The van der Waals surface area contributed by atoms with E-state index in [0.717, 1.165) is 23.8 Å². The van der Waals surface area contributed by atoms with Gasteiger partial charge in [-0.25, -0.2) is 9.78 Å². The van der Waals surface area contributed by atoms with E-state index >= 15 is 0 Å². The minimum absolute atomic E-state index is 0.0265. The Morgan fingerprint density at radius 1 is 1.44 bits per heavy atom. The lowest BCUT2D eigenvalue weighted by Crippen LogP contribution is -2.11. The van der Waals surface area contributed by atoms with E-state index in [4.69, 9.17) is 10.8 Å². The number of nitrogens with two attached hydrogens (primary N) is 1. The van der Waals surface area contributed by atoms with Gasteiger partial charge in [-0.05, 0) is 18.8 Å². The number of aromatic carboxylic acids is 1. The van der Waals surface area contributed by atoms with Crippen LogP contribution < -0.4 is 5.73 Å². The highest BCUT2D eigenvalue weighted by Gasteiger charge is 2.25. The number of rotatable bonds is 2. The minimum atomic E-state index is -1.02. The molecule has 1 aliphatic carbocycles. The molecule has 0 aromatic carbocycles. The Labute approximate surface area is 98.5 Å². The average molecular weight is 240 g/mol. The third-order valence-corrected chi connectivity index (χ3v) is 4.28. The number of thiazole rings is 1. The maximum Gasteiger partial charge on any atom is 0.357 e. The van der Waals surface area contributed by atoms with Crippen molar-refractivity contribution in [2.45, 2.75) is 38.5 Å². The average Bonchev–Trinajstić information content (AvgIpc) is 2.61. The first-order valence-electron chi connectivity index (χ1n) is 5.57. The number of nitrogen functional groups attached to an aromatic ring is 1. The van der Waals surface area contributed by atoms with Crippen LogP contribution in [0.5, 0.6) is 0 Å². The van der Waals surface area contributed by atoms with Crippen LogP contribution in [-0.4, -0.2) is 16.1 Å².